The van der Waals surface area contributed by atoms with Crippen molar-refractivity contribution in [2.45, 2.75) is 13.0 Å². The summed E-state index contributed by atoms with van der Waals surface area (Å²) in [6.07, 6.45) is 1.31. The number of aromatic amines is 1. The van der Waals surface area contributed by atoms with Gasteiger partial charge in [-0.2, -0.15) is 0 Å². The van der Waals surface area contributed by atoms with Crippen molar-refractivity contribution in [1.29, 1.82) is 0 Å². The van der Waals surface area contributed by atoms with Gasteiger partial charge in [0.1, 0.15) is 11.7 Å². The van der Waals surface area contributed by atoms with Gasteiger partial charge in [-0.05, 0) is 6.92 Å². The molecule has 0 radical (unpaired) electrons. The second-order valence-electron chi connectivity index (χ2n) is 4.10. The normalized spacial score (nSPS) is 22.9. The average molecular weight is 253 g/mol. The molecule has 0 aromatic carbocycles. The Morgan fingerprint density at radius 3 is 3.06 bits per heavy atom. The van der Waals surface area contributed by atoms with Crippen molar-refractivity contribution >= 4 is 11.8 Å². The zero-order chi connectivity index (χ0) is 13.1. The molecule has 1 aliphatic heterocycles. The van der Waals surface area contributed by atoms with Crippen molar-refractivity contribution in [3.05, 3.63) is 22.7 Å². The highest BCUT2D eigenvalue weighted by molar-refractivity contribution is 5.72. The summed E-state index contributed by atoms with van der Waals surface area (Å²) in [5.74, 6) is -1.00. The quantitative estimate of drug-likeness (QED) is 0.764. The Morgan fingerprint density at radius 1 is 1.67 bits per heavy atom. The van der Waals surface area contributed by atoms with Crippen molar-refractivity contribution in [2.75, 3.05) is 24.7 Å². The van der Waals surface area contributed by atoms with Crippen molar-refractivity contribution < 1.29 is 14.6 Å². The molecule has 1 aromatic rings. The molecule has 0 bridgehead atoms. The molecule has 0 aliphatic carbocycles. The molecular formula is C11H15N3O4. The minimum Gasteiger partial charge on any atom is -0.481 e. The third kappa shape index (κ3) is 2.35. The molecule has 1 aromatic heterocycles. The fraction of sp³-hybridized carbons (Fsp3) is 0.545. The molecule has 7 nitrogen and oxygen atoms in total. The van der Waals surface area contributed by atoms with Crippen LogP contribution in [0.1, 0.15) is 6.92 Å². The number of anilines is 1. The highest BCUT2D eigenvalue weighted by atomic mass is 16.5. The van der Waals surface area contributed by atoms with Crippen LogP contribution >= 0.6 is 0 Å². The lowest BCUT2D eigenvalue weighted by Crippen LogP contribution is -2.44. The summed E-state index contributed by atoms with van der Waals surface area (Å²) in [5, 5.41) is 9.13. The molecule has 2 unspecified atom stereocenters. The van der Waals surface area contributed by atoms with Gasteiger partial charge in [-0.25, -0.2) is 4.98 Å². The Morgan fingerprint density at radius 2 is 2.44 bits per heavy atom. The third-order valence-corrected chi connectivity index (χ3v) is 3.07. The lowest BCUT2D eigenvalue weighted by atomic mass is 10.0. The van der Waals surface area contributed by atoms with E-state index < -0.39 is 11.9 Å². The van der Waals surface area contributed by atoms with Crippen LogP contribution in [-0.4, -0.2) is 46.8 Å². The second-order valence-corrected chi connectivity index (χ2v) is 4.10. The summed E-state index contributed by atoms with van der Waals surface area (Å²) in [6.45, 7) is 2.98. The third-order valence-electron chi connectivity index (χ3n) is 3.07. The molecule has 18 heavy (non-hydrogen) atoms. The number of aromatic nitrogens is 2. The SMILES string of the molecule is CCN(c1cc(=O)[nH]cn1)C1COCC1C(=O)O. The Kier molecular flexibility index (Phi) is 3.61. The smallest absolute Gasteiger partial charge is 0.311 e. The van der Waals surface area contributed by atoms with E-state index in [1.54, 1.807) is 4.90 Å². The number of aliphatic carboxylic acids is 1. The molecule has 0 spiro atoms. The molecule has 98 valence electrons. The van der Waals surface area contributed by atoms with Gasteiger partial charge in [0.05, 0.1) is 25.6 Å². The summed E-state index contributed by atoms with van der Waals surface area (Å²) in [4.78, 5) is 30.7. The minimum absolute atomic E-state index is 0.194. The standard InChI is InChI=1S/C11H15N3O4/c1-2-14(9-3-10(15)13-6-12-9)8-5-18-4-7(8)11(16)17/h3,6-8H,2,4-5H2,1H3,(H,16,17)(H,12,13,15). The molecular weight excluding hydrogens is 238 g/mol. The van der Waals surface area contributed by atoms with Crippen molar-refractivity contribution in [2.24, 2.45) is 5.92 Å². The van der Waals surface area contributed by atoms with E-state index in [-0.39, 0.29) is 18.2 Å². The molecule has 2 heterocycles. The second kappa shape index (κ2) is 5.18. The predicted octanol–water partition coefficient (Wildman–Crippen LogP) is -0.304. The molecule has 7 heteroatoms. The van der Waals surface area contributed by atoms with Gasteiger partial charge in [0.15, 0.2) is 0 Å². The Hall–Kier alpha value is -1.89. The number of carboxylic acids is 1. The summed E-state index contributed by atoms with van der Waals surface area (Å²) in [7, 11) is 0. The lowest BCUT2D eigenvalue weighted by molar-refractivity contribution is -0.141. The molecule has 2 rings (SSSR count). The maximum atomic E-state index is 11.3. The van der Waals surface area contributed by atoms with Crippen molar-refractivity contribution in [1.82, 2.24) is 9.97 Å². The number of carbonyl (C=O) groups is 1. The molecule has 0 saturated carbocycles. The molecule has 2 N–H and O–H groups in total. The van der Waals surface area contributed by atoms with Gasteiger partial charge >= 0.3 is 5.97 Å². The van der Waals surface area contributed by atoms with Crippen LogP contribution in [0.5, 0.6) is 0 Å². The van der Waals surface area contributed by atoms with Crippen LogP contribution in [0.4, 0.5) is 5.82 Å². The van der Waals surface area contributed by atoms with E-state index in [9.17, 15) is 9.59 Å². The van der Waals surface area contributed by atoms with E-state index >= 15 is 0 Å². The maximum absolute atomic E-state index is 11.3. The van der Waals surface area contributed by atoms with Gasteiger partial charge in [0, 0.05) is 12.6 Å². The topological polar surface area (TPSA) is 95.5 Å². The van der Waals surface area contributed by atoms with Crippen LogP contribution in [0.25, 0.3) is 0 Å². The van der Waals surface area contributed by atoms with Gasteiger partial charge in [-0.3, -0.25) is 9.59 Å². The van der Waals surface area contributed by atoms with Gasteiger partial charge in [-0.15, -0.1) is 0 Å². The minimum atomic E-state index is -0.888. The molecule has 2 atom stereocenters. The molecule has 0 amide bonds. The van der Waals surface area contributed by atoms with E-state index in [2.05, 4.69) is 9.97 Å². The van der Waals surface area contributed by atoms with Gasteiger partial charge in [0.25, 0.3) is 5.56 Å². The number of H-pyrrole nitrogens is 1. The fourth-order valence-electron chi connectivity index (χ4n) is 2.17. The fourth-order valence-corrected chi connectivity index (χ4v) is 2.17. The zero-order valence-electron chi connectivity index (χ0n) is 10.00. The van der Waals surface area contributed by atoms with E-state index in [1.165, 1.54) is 12.4 Å². The number of hydrogen-bond donors (Lipinski definition) is 2. The predicted molar refractivity (Wildman–Crippen MR) is 63.6 cm³/mol. The van der Waals surface area contributed by atoms with Crippen LogP contribution in [0, 0.1) is 5.92 Å². The first-order valence-corrected chi connectivity index (χ1v) is 5.75. The molecule has 1 aliphatic rings. The summed E-state index contributed by atoms with van der Waals surface area (Å²) < 4.78 is 5.23. The van der Waals surface area contributed by atoms with Crippen LogP contribution in [0.2, 0.25) is 0 Å². The van der Waals surface area contributed by atoms with Crippen molar-refractivity contribution in [3.8, 4) is 0 Å². The number of ether oxygens (including phenoxy) is 1. The summed E-state index contributed by atoms with van der Waals surface area (Å²) in [6, 6.07) is 1.07. The van der Waals surface area contributed by atoms with E-state index in [1.807, 2.05) is 6.92 Å². The summed E-state index contributed by atoms with van der Waals surface area (Å²) >= 11 is 0. The van der Waals surface area contributed by atoms with Gasteiger partial charge in [0.2, 0.25) is 0 Å². The van der Waals surface area contributed by atoms with Crippen molar-refractivity contribution in [3.63, 3.8) is 0 Å². The van der Waals surface area contributed by atoms with Gasteiger partial charge in [-0.1, -0.05) is 0 Å². The van der Waals surface area contributed by atoms with Crippen LogP contribution in [-0.2, 0) is 9.53 Å². The Labute approximate surface area is 103 Å². The Bertz CT molecular complexity index is 487. The van der Waals surface area contributed by atoms with E-state index in [0.717, 1.165) is 0 Å². The largest absolute Gasteiger partial charge is 0.481 e. The van der Waals surface area contributed by atoms with E-state index in [4.69, 9.17) is 9.84 Å². The number of likely N-dealkylation sites (N-methyl/N-ethyl adjacent to an activating group) is 1. The number of carboxylic acid groups (broad SMARTS) is 1. The average Bonchev–Trinajstić information content (AvgIpc) is 2.79. The number of nitrogens with one attached hydrogen (secondary N) is 1. The summed E-state index contributed by atoms with van der Waals surface area (Å²) in [5.41, 5.74) is -0.260. The first-order chi connectivity index (χ1) is 8.63. The van der Waals surface area contributed by atoms with Crippen LogP contribution in [0.15, 0.2) is 17.2 Å². The number of nitrogens with zero attached hydrogens (tertiary/aromatic N) is 2. The zero-order valence-corrected chi connectivity index (χ0v) is 10.00. The lowest BCUT2D eigenvalue weighted by Gasteiger charge is -2.29. The first kappa shape index (κ1) is 12.6. The monoisotopic (exact) mass is 253 g/mol. The van der Waals surface area contributed by atoms with Crippen LogP contribution in [0.3, 0.4) is 0 Å². The van der Waals surface area contributed by atoms with E-state index in [0.29, 0.717) is 19.0 Å². The van der Waals surface area contributed by atoms with Gasteiger partial charge < -0.3 is 19.7 Å². The first-order valence-electron chi connectivity index (χ1n) is 5.75. The highest BCUT2D eigenvalue weighted by Crippen LogP contribution is 2.23. The Balaban J connectivity index is 2.28. The number of hydrogen-bond acceptors (Lipinski definition) is 5. The van der Waals surface area contributed by atoms with Crippen LogP contribution < -0.4 is 10.5 Å². The number of rotatable bonds is 4. The molecule has 1 fully saturated rings. The molecule has 1 saturated heterocycles. The highest BCUT2D eigenvalue weighted by Gasteiger charge is 2.38. The maximum Gasteiger partial charge on any atom is 0.311 e.